The SMILES string of the molecule is CCOC(=O)c1ccccc1NCCC(=O)NCc1cccc(C)c1. The summed E-state index contributed by atoms with van der Waals surface area (Å²) < 4.78 is 5.03. The van der Waals surface area contributed by atoms with Crippen molar-refractivity contribution in [1.82, 2.24) is 5.32 Å². The Morgan fingerprint density at radius 2 is 1.88 bits per heavy atom. The molecule has 132 valence electrons. The molecular formula is C20H24N2O3. The molecule has 1 amide bonds. The van der Waals surface area contributed by atoms with E-state index in [1.807, 2.05) is 37.3 Å². The van der Waals surface area contributed by atoms with Gasteiger partial charge in [0.15, 0.2) is 0 Å². The summed E-state index contributed by atoms with van der Waals surface area (Å²) in [6.07, 6.45) is 0.322. The van der Waals surface area contributed by atoms with Crippen molar-refractivity contribution in [3.05, 3.63) is 65.2 Å². The van der Waals surface area contributed by atoms with Gasteiger partial charge in [-0.15, -0.1) is 0 Å². The smallest absolute Gasteiger partial charge is 0.340 e. The molecule has 0 aliphatic heterocycles. The maximum absolute atomic E-state index is 12.0. The van der Waals surface area contributed by atoms with E-state index < -0.39 is 0 Å². The van der Waals surface area contributed by atoms with Gasteiger partial charge in [0.1, 0.15) is 0 Å². The second kappa shape index (κ2) is 9.47. The van der Waals surface area contributed by atoms with Gasteiger partial charge in [0, 0.05) is 25.2 Å². The van der Waals surface area contributed by atoms with Crippen LogP contribution in [0.4, 0.5) is 5.69 Å². The van der Waals surface area contributed by atoms with Crippen molar-refractivity contribution in [2.75, 3.05) is 18.5 Å². The Hall–Kier alpha value is -2.82. The van der Waals surface area contributed by atoms with Crippen LogP contribution in [0.15, 0.2) is 48.5 Å². The van der Waals surface area contributed by atoms with E-state index in [4.69, 9.17) is 4.74 Å². The molecule has 5 heteroatoms. The lowest BCUT2D eigenvalue weighted by Crippen LogP contribution is -2.25. The predicted molar refractivity (Wildman–Crippen MR) is 98.5 cm³/mol. The van der Waals surface area contributed by atoms with Crippen LogP contribution in [-0.4, -0.2) is 25.0 Å². The molecule has 2 aromatic carbocycles. The fourth-order valence-corrected chi connectivity index (χ4v) is 2.45. The van der Waals surface area contributed by atoms with Crippen molar-refractivity contribution >= 4 is 17.6 Å². The van der Waals surface area contributed by atoms with Crippen LogP contribution in [0.5, 0.6) is 0 Å². The van der Waals surface area contributed by atoms with Crippen LogP contribution in [0, 0.1) is 6.92 Å². The molecule has 2 N–H and O–H groups in total. The number of aryl methyl sites for hydroxylation is 1. The summed E-state index contributed by atoms with van der Waals surface area (Å²) in [4.78, 5) is 23.9. The van der Waals surface area contributed by atoms with Gasteiger partial charge < -0.3 is 15.4 Å². The largest absolute Gasteiger partial charge is 0.462 e. The van der Waals surface area contributed by atoms with E-state index in [1.165, 1.54) is 5.56 Å². The monoisotopic (exact) mass is 340 g/mol. The maximum Gasteiger partial charge on any atom is 0.340 e. The lowest BCUT2D eigenvalue weighted by Gasteiger charge is -2.11. The molecular weight excluding hydrogens is 316 g/mol. The van der Waals surface area contributed by atoms with Gasteiger partial charge in [0.05, 0.1) is 12.2 Å². The first-order chi connectivity index (χ1) is 12.1. The molecule has 25 heavy (non-hydrogen) atoms. The van der Waals surface area contributed by atoms with Crippen LogP contribution in [-0.2, 0) is 16.1 Å². The lowest BCUT2D eigenvalue weighted by atomic mass is 10.1. The minimum Gasteiger partial charge on any atom is -0.462 e. The number of ether oxygens (including phenoxy) is 1. The van der Waals surface area contributed by atoms with Crippen molar-refractivity contribution < 1.29 is 14.3 Å². The van der Waals surface area contributed by atoms with Gasteiger partial charge in [0.25, 0.3) is 0 Å². The molecule has 0 aliphatic carbocycles. The number of hydrogen-bond acceptors (Lipinski definition) is 4. The number of para-hydroxylation sites is 1. The molecule has 0 saturated carbocycles. The van der Waals surface area contributed by atoms with Gasteiger partial charge in [-0.25, -0.2) is 4.79 Å². The number of nitrogens with one attached hydrogen (secondary N) is 2. The highest BCUT2D eigenvalue weighted by atomic mass is 16.5. The zero-order chi connectivity index (χ0) is 18.1. The summed E-state index contributed by atoms with van der Waals surface area (Å²) in [6, 6.07) is 15.2. The van der Waals surface area contributed by atoms with Gasteiger partial charge in [-0.2, -0.15) is 0 Å². The molecule has 0 saturated heterocycles. The summed E-state index contributed by atoms with van der Waals surface area (Å²) in [7, 11) is 0. The Morgan fingerprint density at radius 3 is 2.64 bits per heavy atom. The third-order valence-electron chi connectivity index (χ3n) is 3.66. The van der Waals surface area contributed by atoms with E-state index in [0.29, 0.717) is 37.4 Å². The van der Waals surface area contributed by atoms with Crippen LogP contribution in [0.3, 0.4) is 0 Å². The molecule has 2 aromatic rings. The van der Waals surface area contributed by atoms with Crippen molar-refractivity contribution in [3.63, 3.8) is 0 Å². The van der Waals surface area contributed by atoms with Crippen LogP contribution >= 0.6 is 0 Å². The normalized spacial score (nSPS) is 10.2. The van der Waals surface area contributed by atoms with Gasteiger partial charge in [-0.3, -0.25) is 4.79 Å². The lowest BCUT2D eigenvalue weighted by molar-refractivity contribution is -0.121. The number of hydrogen-bond donors (Lipinski definition) is 2. The number of amides is 1. The summed E-state index contributed by atoms with van der Waals surface area (Å²) in [5.74, 6) is -0.405. The molecule has 2 rings (SSSR count). The second-order valence-electron chi connectivity index (χ2n) is 5.71. The molecule has 0 aliphatic rings. The first-order valence-electron chi connectivity index (χ1n) is 8.42. The average molecular weight is 340 g/mol. The number of rotatable bonds is 8. The van der Waals surface area contributed by atoms with Crippen molar-refractivity contribution in [3.8, 4) is 0 Å². The van der Waals surface area contributed by atoms with E-state index in [9.17, 15) is 9.59 Å². The zero-order valence-electron chi connectivity index (χ0n) is 14.7. The molecule has 0 spiro atoms. The highest BCUT2D eigenvalue weighted by Crippen LogP contribution is 2.16. The number of anilines is 1. The van der Waals surface area contributed by atoms with Gasteiger partial charge >= 0.3 is 5.97 Å². The fourth-order valence-electron chi connectivity index (χ4n) is 2.45. The van der Waals surface area contributed by atoms with Crippen LogP contribution < -0.4 is 10.6 Å². The summed E-state index contributed by atoms with van der Waals surface area (Å²) in [5, 5.41) is 6.03. The quantitative estimate of drug-likeness (QED) is 0.724. The molecule has 0 atom stereocenters. The second-order valence-corrected chi connectivity index (χ2v) is 5.71. The van der Waals surface area contributed by atoms with E-state index in [2.05, 4.69) is 10.6 Å². The van der Waals surface area contributed by atoms with E-state index in [-0.39, 0.29) is 11.9 Å². The topological polar surface area (TPSA) is 67.4 Å². The Bertz CT molecular complexity index is 728. The molecule has 0 heterocycles. The Morgan fingerprint density at radius 1 is 1.08 bits per heavy atom. The van der Waals surface area contributed by atoms with Gasteiger partial charge in [-0.1, -0.05) is 42.0 Å². The maximum atomic E-state index is 12.0. The first-order valence-corrected chi connectivity index (χ1v) is 8.42. The first kappa shape index (κ1) is 18.5. The fraction of sp³-hybridized carbons (Fsp3) is 0.300. The van der Waals surface area contributed by atoms with E-state index >= 15 is 0 Å². The minimum absolute atomic E-state index is 0.0392. The number of carbonyl (C=O) groups excluding carboxylic acids is 2. The molecule has 0 bridgehead atoms. The molecule has 0 aromatic heterocycles. The third-order valence-corrected chi connectivity index (χ3v) is 3.66. The van der Waals surface area contributed by atoms with Crippen molar-refractivity contribution in [2.45, 2.75) is 26.8 Å². The highest BCUT2D eigenvalue weighted by Gasteiger charge is 2.11. The molecule has 5 nitrogen and oxygen atoms in total. The predicted octanol–water partition coefficient (Wildman–Crippen LogP) is 3.29. The molecule has 0 fully saturated rings. The molecule has 0 radical (unpaired) electrons. The third kappa shape index (κ3) is 5.95. The van der Waals surface area contributed by atoms with E-state index in [0.717, 1.165) is 5.56 Å². The van der Waals surface area contributed by atoms with Crippen molar-refractivity contribution in [2.24, 2.45) is 0 Å². The van der Waals surface area contributed by atoms with Gasteiger partial charge in [-0.05, 0) is 31.5 Å². The number of esters is 1. The van der Waals surface area contributed by atoms with Gasteiger partial charge in [0.2, 0.25) is 5.91 Å². The summed E-state index contributed by atoms with van der Waals surface area (Å²) in [6.45, 7) is 5.08. The summed E-state index contributed by atoms with van der Waals surface area (Å²) >= 11 is 0. The van der Waals surface area contributed by atoms with E-state index in [1.54, 1.807) is 25.1 Å². The summed E-state index contributed by atoms with van der Waals surface area (Å²) in [5.41, 5.74) is 3.40. The minimum atomic E-state index is -0.366. The highest BCUT2D eigenvalue weighted by molar-refractivity contribution is 5.95. The Balaban J connectivity index is 1.80. The zero-order valence-corrected chi connectivity index (χ0v) is 14.7. The number of carbonyl (C=O) groups is 2. The number of benzene rings is 2. The average Bonchev–Trinajstić information content (AvgIpc) is 2.61. The Kier molecular flexibility index (Phi) is 7.01. The van der Waals surface area contributed by atoms with Crippen LogP contribution in [0.25, 0.3) is 0 Å². The van der Waals surface area contributed by atoms with Crippen LogP contribution in [0.1, 0.15) is 34.8 Å². The van der Waals surface area contributed by atoms with Crippen LogP contribution in [0.2, 0.25) is 0 Å². The standard InChI is InChI=1S/C20H24N2O3/c1-3-25-20(24)17-9-4-5-10-18(17)21-12-11-19(23)22-14-16-8-6-7-15(2)13-16/h4-10,13,21H,3,11-12,14H2,1-2H3,(H,22,23). The molecule has 0 unspecified atom stereocenters. The Labute approximate surface area is 148 Å². The van der Waals surface area contributed by atoms with Crippen molar-refractivity contribution in [1.29, 1.82) is 0 Å².